The average molecular weight is 559 g/mol. The fourth-order valence-electron chi connectivity index (χ4n) is 4.95. The molecule has 0 amide bonds. The topological polar surface area (TPSA) is 141 Å². The van der Waals surface area contributed by atoms with Gasteiger partial charge in [-0.2, -0.15) is 0 Å². The molecule has 0 saturated heterocycles. The number of nitrogens with one attached hydrogen (secondary N) is 4. The summed E-state index contributed by atoms with van der Waals surface area (Å²) in [7, 11) is 0. The number of hydrogen-bond acceptors (Lipinski definition) is 9. The summed E-state index contributed by atoms with van der Waals surface area (Å²) in [6.45, 7) is 6.96. The fourth-order valence-corrected chi connectivity index (χ4v) is 4.95. The van der Waals surface area contributed by atoms with Crippen LogP contribution in [-0.4, -0.2) is 54.2 Å². The molecule has 1 aromatic heterocycles. The van der Waals surface area contributed by atoms with E-state index in [1.165, 1.54) is 76.6 Å². The predicted molar refractivity (Wildman–Crippen MR) is 137 cm³/mol. The minimum absolute atomic E-state index is 0. The van der Waals surface area contributed by atoms with Crippen molar-refractivity contribution in [3.63, 3.8) is 0 Å². The number of hydrogen-bond donors (Lipinski definition) is 4. The Morgan fingerprint density at radius 2 is 1.05 bits per heavy atom. The third-order valence-electron chi connectivity index (χ3n) is 7.00. The van der Waals surface area contributed by atoms with Crippen LogP contribution in [0.1, 0.15) is 89.4 Å². The van der Waals surface area contributed by atoms with E-state index in [2.05, 4.69) is 39.5 Å². The van der Waals surface area contributed by atoms with Crippen LogP contribution in [0.25, 0.3) is 0 Å². The van der Waals surface area contributed by atoms with Crippen molar-refractivity contribution < 1.29 is 36.9 Å². The zero-order chi connectivity index (χ0) is 26.2. The number of aromatic nitrogens is 1. The first kappa shape index (κ1) is 33.5. The Morgan fingerprint density at radius 1 is 0.730 bits per heavy atom. The van der Waals surface area contributed by atoms with Gasteiger partial charge in [-0.1, -0.05) is 45.6 Å². The first-order valence-corrected chi connectivity index (χ1v) is 13.7. The zero-order valence-electron chi connectivity index (χ0n) is 22.4. The van der Waals surface area contributed by atoms with Gasteiger partial charge < -0.3 is 41.1 Å². The summed E-state index contributed by atoms with van der Waals surface area (Å²) in [6, 6.07) is 8.81. The van der Waals surface area contributed by atoms with E-state index in [-0.39, 0.29) is 29.9 Å². The van der Waals surface area contributed by atoms with E-state index in [4.69, 9.17) is 4.98 Å². The Bertz CT molecular complexity index is 726. The van der Waals surface area contributed by atoms with Crippen molar-refractivity contribution in [2.24, 2.45) is 0 Å². The number of fused-ring (bicyclic) bond motifs is 4. The van der Waals surface area contributed by atoms with E-state index < -0.39 is 11.9 Å². The number of carboxylic acids is 2. The second-order valence-corrected chi connectivity index (χ2v) is 9.74. The summed E-state index contributed by atoms with van der Waals surface area (Å²) in [5.74, 6) is -1.99. The molecule has 4 rings (SSSR count). The molecular weight excluding hydrogens is 513 g/mol. The molecule has 10 heteroatoms. The average Bonchev–Trinajstić information content (AvgIpc) is 2.90. The van der Waals surface area contributed by atoms with Gasteiger partial charge in [0.15, 0.2) is 0 Å². The number of aliphatic carboxylic acids is 2. The second-order valence-electron chi connectivity index (χ2n) is 9.74. The molecule has 2 heterocycles. The number of pyridine rings is 1. The van der Waals surface area contributed by atoms with E-state index in [1.807, 2.05) is 0 Å². The van der Waals surface area contributed by atoms with Crippen molar-refractivity contribution in [2.45, 2.75) is 115 Å². The van der Waals surface area contributed by atoms with E-state index >= 15 is 0 Å². The van der Waals surface area contributed by atoms with E-state index in [1.54, 1.807) is 0 Å². The van der Waals surface area contributed by atoms with Crippen molar-refractivity contribution in [3.05, 3.63) is 29.6 Å². The predicted octanol–water partition coefficient (Wildman–Crippen LogP) is 0.366. The Balaban J connectivity index is 0.000000534. The van der Waals surface area contributed by atoms with Crippen LogP contribution in [0.4, 0.5) is 0 Å². The normalized spacial score (nSPS) is 25.9. The monoisotopic (exact) mass is 558 g/mol. The zero-order valence-corrected chi connectivity index (χ0v) is 23.6. The summed E-state index contributed by atoms with van der Waals surface area (Å²) in [5, 5.41) is 33.7. The van der Waals surface area contributed by atoms with Gasteiger partial charge >= 0.3 is 17.1 Å². The van der Waals surface area contributed by atoms with Gasteiger partial charge in [-0.05, 0) is 50.7 Å². The van der Waals surface area contributed by atoms with Gasteiger partial charge in [-0.15, -0.1) is 0 Å². The van der Waals surface area contributed by atoms with Crippen LogP contribution in [0.5, 0.6) is 0 Å². The third kappa shape index (κ3) is 13.7. The minimum atomic E-state index is -0.995. The SMILES string of the molecule is CCC(=O)[O-].CCC(=O)[O-].[Mn+2].c1cc2nc(c1)CN[C@H]1CCCC[C@@H]1NCCN[C@H]1CCCC[C@@H]1NC2. The van der Waals surface area contributed by atoms with Crippen LogP contribution < -0.4 is 31.5 Å². The number of carboxylic acid groups (broad SMARTS) is 2. The summed E-state index contributed by atoms with van der Waals surface area (Å²) < 4.78 is 0. The molecule has 209 valence electrons. The first-order valence-electron chi connectivity index (χ1n) is 13.7. The summed E-state index contributed by atoms with van der Waals surface area (Å²) >= 11 is 0. The van der Waals surface area contributed by atoms with E-state index in [9.17, 15) is 19.8 Å². The van der Waals surface area contributed by atoms with Crippen molar-refractivity contribution >= 4 is 11.9 Å². The molecule has 2 aliphatic carbocycles. The number of carbonyl (C=O) groups is 2. The van der Waals surface area contributed by atoms with Crippen LogP contribution in [0, 0.1) is 0 Å². The molecule has 2 saturated carbocycles. The van der Waals surface area contributed by atoms with Crippen molar-refractivity contribution in [3.8, 4) is 0 Å². The minimum Gasteiger partial charge on any atom is -0.550 e. The molecule has 4 N–H and O–H groups in total. The molecule has 3 aliphatic rings. The number of rotatable bonds is 2. The summed E-state index contributed by atoms with van der Waals surface area (Å²) in [4.78, 5) is 23.4. The molecule has 4 atom stereocenters. The first-order chi connectivity index (χ1) is 17.4. The molecular formula is C27H45MnN5O4. The van der Waals surface area contributed by atoms with E-state index in [0.29, 0.717) is 24.2 Å². The van der Waals surface area contributed by atoms with Gasteiger partial charge in [0.05, 0.1) is 11.4 Å². The van der Waals surface area contributed by atoms with Crippen molar-refractivity contribution in [2.75, 3.05) is 13.1 Å². The Morgan fingerprint density at radius 3 is 1.38 bits per heavy atom. The van der Waals surface area contributed by atoms with Crippen LogP contribution in [0.15, 0.2) is 18.2 Å². The smallest absolute Gasteiger partial charge is 0.550 e. The maximum Gasteiger partial charge on any atom is 2.00 e. The standard InChI is InChI=1S/C21H35N5.2C3H6O2.Mn/c1-3-10-20-18(8-1)22-12-13-23-19-9-2-4-11-21(19)25-15-17-7-5-6-16(26-17)14-24-20;2*1-2-3(4)5;/h5-7,18-25H,1-4,8-15H2;2*2H2,1H3,(H,4,5);/q;;;+2/p-2/t18-,19-,20-,21-;;;/m0.../s1. The maximum atomic E-state index is 9.26. The molecule has 0 spiro atoms. The third-order valence-corrected chi connectivity index (χ3v) is 7.00. The van der Waals surface area contributed by atoms with Gasteiger partial charge in [0, 0.05) is 62.3 Å². The Hall–Kier alpha value is -1.55. The second kappa shape index (κ2) is 19.5. The van der Waals surface area contributed by atoms with Crippen LogP contribution >= 0.6 is 0 Å². The molecule has 1 radical (unpaired) electrons. The fraction of sp³-hybridized carbons (Fsp3) is 0.741. The van der Waals surface area contributed by atoms with Crippen LogP contribution in [0.3, 0.4) is 0 Å². The Kier molecular flexibility index (Phi) is 17.7. The largest absolute Gasteiger partial charge is 2.00 e. The molecule has 9 nitrogen and oxygen atoms in total. The van der Waals surface area contributed by atoms with Gasteiger partial charge in [0.1, 0.15) is 0 Å². The molecule has 2 fully saturated rings. The van der Waals surface area contributed by atoms with Gasteiger partial charge in [0.2, 0.25) is 0 Å². The van der Waals surface area contributed by atoms with E-state index in [0.717, 1.165) is 26.2 Å². The van der Waals surface area contributed by atoms with Crippen LogP contribution in [0.2, 0.25) is 0 Å². The van der Waals surface area contributed by atoms with Crippen molar-refractivity contribution in [1.82, 2.24) is 26.3 Å². The Labute approximate surface area is 232 Å². The molecule has 37 heavy (non-hydrogen) atoms. The van der Waals surface area contributed by atoms with Crippen molar-refractivity contribution in [1.29, 1.82) is 0 Å². The molecule has 2 bridgehead atoms. The number of nitrogens with zero attached hydrogens (tertiary/aromatic N) is 1. The van der Waals surface area contributed by atoms with Gasteiger partial charge in [-0.3, -0.25) is 4.98 Å². The van der Waals surface area contributed by atoms with Crippen LogP contribution in [-0.2, 0) is 39.7 Å². The number of carbonyl (C=O) groups excluding carboxylic acids is 2. The molecule has 0 unspecified atom stereocenters. The molecule has 1 aromatic rings. The van der Waals surface area contributed by atoms with Gasteiger partial charge in [0.25, 0.3) is 0 Å². The summed E-state index contributed by atoms with van der Waals surface area (Å²) in [6.07, 6.45) is 10.7. The quantitative estimate of drug-likeness (QED) is 0.379. The summed E-state index contributed by atoms with van der Waals surface area (Å²) in [5.41, 5.74) is 2.34. The maximum absolute atomic E-state index is 9.26. The molecule has 0 aromatic carbocycles. The molecule has 1 aliphatic heterocycles. The van der Waals surface area contributed by atoms with Gasteiger partial charge in [-0.25, -0.2) is 0 Å².